The Morgan fingerprint density at radius 3 is 2.40 bits per heavy atom. The Morgan fingerprint density at radius 1 is 1.00 bits per heavy atom. The molecule has 0 saturated heterocycles. The van der Waals surface area contributed by atoms with Gasteiger partial charge in [0, 0.05) is 10.9 Å². The number of nitrogens with two attached hydrogens (primary N) is 1. The van der Waals surface area contributed by atoms with Crippen molar-refractivity contribution in [1.29, 1.82) is 0 Å². The molecule has 0 spiro atoms. The zero-order valence-electron chi connectivity index (χ0n) is 11.3. The van der Waals surface area contributed by atoms with Crippen molar-refractivity contribution in [2.45, 2.75) is 13.0 Å². The van der Waals surface area contributed by atoms with Gasteiger partial charge in [-0.3, -0.25) is 0 Å². The number of hydrogen-bond donors (Lipinski definition) is 1. The van der Waals surface area contributed by atoms with Crippen LogP contribution in [0.3, 0.4) is 0 Å². The van der Waals surface area contributed by atoms with Crippen LogP contribution in [0.15, 0.2) is 60.0 Å². The lowest BCUT2D eigenvalue weighted by atomic mass is 10.1. The van der Waals surface area contributed by atoms with Crippen LogP contribution in [0.25, 0.3) is 11.3 Å². The van der Waals surface area contributed by atoms with Crippen LogP contribution in [0.2, 0.25) is 0 Å². The first kappa shape index (κ1) is 13.0. The number of aryl methyl sites for hydroxylation is 1. The van der Waals surface area contributed by atoms with E-state index in [0.29, 0.717) is 0 Å². The standard InChI is InChI=1S/C17H16N2S/c1-12-7-9-13(10-8-12)15-11-20-17(19-15)16(18)14-5-3-2-4-6-14/h2-11,16H,18H2,1H3. The highest BCUT2D eigenvalue weighted by Gasteiger charge is 2.13. The van der Waals surface area contributed by atoms with Gasteiger partial charge in [0.25, 0.3) is 0 Å². The van der Waals surface area contributed by atoms with Crippen LogP contribution < -0.4 is 5.73 Å². The fourth-order valence-corrected chi connectivity index (χ4v) is 2.95. The van der Waals surface area contributed by atoms with Gasteiger partial charge in [0.15, 0.2) is 0 Å². The molecule has 3 aromatic rings. The number of hydrogen-bond acceptors (Lipinski definition) is 3. The second-order valence-corrected chi connectivity index (χ2v) is 5.72. The Bertz CT molecular complexity index is 687. The van der Waals surface area contributed by atoms with E-state index in [1.807, 2.05) is 30.3 Å². The molecule has 1 atom stereocenters. The molecule has 0 aliphatic heterocycles. The smallest absolute Gasteiger partial charge is 0.115 e. The first-order chi connectivity index (χ1) is 9.74. The van der Waals surface area contributed by atoms with Crippen molar-refractivity contribution in [1.82, 2.24) is 4.98 Å². The lowest BCUT2D eigenvalue weighted by Crippen LogP contribution is -2.11. The zero-order valence-corrected chi connectivity index (χ0v) is 12.1. The molecule has 0 aliphatic rings. The monoisotopic (exact) mass is 280 g/mol. The number of thiazole rings is 1. The van der Waals surface area contributed by atoms with Gasteiger partial charge >= 0.3 is 0 Å². The minimum atomic E-state index is -0.152. The summed E-state index contributed by atoms with van der Waals surface area (Å²) in [5.74, 6) is 0. The van der Waals surface area contributed by atoms with E-state index in [-0.39, 0.29) is 6.04 Å². The van der Waals surface area contributed by atoms with Crippen LogP contribution in [0.4, 0.5) is 0 Å². The first-order valence-corrected chi connectivity index (χ1v) is 7.45. The van der Waals surface area contributed by atoms with Gasteiger partial charge in [-0.05, 0) is 12.5 Å². The largest absolute Gasteiger partial charge is 0.318 e. The predicted octanol–water partition coefficient (Wildman–Crippen LogP) is 4.17. The molecule has 0 fully saturated rings. The minimum Gasteiger partial charge on any atom is -0.318 e. The van der Waals surface area contributed by atoms with Crippen LogP contribution >= 0.6 is 11.3 Å². The molecule has 3 rings (SSSR count). The molecule has 0 amide bonds. The van der Waals surface area contributed by atoms with Gasteiger partial charge in [-0.25, -0.2) is 4.98 Å². The molecule has 2 nitrogen and oxygen atoms in total. The third-order valence-corrected chi connectivity index (χ3v) is 4.22. The predicted molar refractivity (Wildman–Crippen MR) is 84.8 cm³/mol. The van der Waals surface area contributed by atoms with Gasteiger partial charge in [-0.1, -0.05) is 60.2 Å². The molecule has 1 unspecified atom stereocenters. The molecular formula is C17H16N2S. The molecule has 0 saturated carbocycles. The number of nitrogens with zero attached hydrogens (tertiary/aromatic N) is 1. The average Bonchev–Trinajstić information content (AvgIpc) is 2.98. The third-order valence-electron chi connectivity index (χ3n) is 3.29. The molecule has 2 N–H and O–H groups in total. The van der Waals surface area contributed by atoms with E-state index in [9.17, 15) is 0 Å². The Hall–Kier alpha value is -1.97. The molecule has 100 valence electrons. The fraction of sp³-hybridized carbons (Fsp3) is 0.118. The van der Waals surface area contributed by atoms with E-state index in [2.05, 4.69) is 41.6 Å². The van der Waals surface area contributed by atoms with Crippen molar-refractivity contribution in [2.24, 2.45) is 5.73 Å². The van der Waals surface area contributed by atoms with E-state index in [4.69, 9.17) is 5.73 Å². The van der Waals surface area contributed by atoms with Gasteiger partial charge < -0.3 is 5.73 Å². The van der Waals surface area contributed by atoms with Crippen LogP contribution in [-0.2, 0) is 0 Å². The van der Waals surface area contributed by atoms with Crippen molar-refractivity contribution < 1.29 is 0 Å². The van der Waals surface area contributed by atoms with E-state index in [1.54, 1.807) is 11.3 Å². The molecular weight excluding hydrogens is 264 g/mol. The Labute approximate surface area is 122 Å². The van der Waals surface area contributed by atoms with Crippen molar-refractivity contribution >= 4 is 11.3 Å². The van der Waals surface area contributed by atoms with E-state index < -0.39 is 0 Å². The Balaban J connectivity index is 1.89. The second-order valence-electron chi connectivity index (χ2n) is 4.83. The Kier molecular flexibility index (Phi) is 3.63. The topological polar surface area (TPSA) is 38.9 Å². The second kappa shape index (κ2) is 5.57. The minimum absolute atomic E-state index is 0.152. The van der Waals surface area contributed by atoms with Crippen molar-refractivity contribution in [2.75, 3.05) is 0 Å². The molecule has 20 heavy (non-hydrogen) atoms. The summed E-state index contributed by atoms with van der Waals surface area (Å²) in [7, 11) is 0. The zero-order chi connectivity index (χ0) is 13.9. The molecule has 0 aliphatic carbocycles. The molecule has 0 bridgehead atoms. The highest BCUT2D eigenvalue weighted by atomic mass is 32.1. The van der Waals surface area contributed by atoms with Crippen molar-refractivity contribution in [3.63, 3.8) is 0 Å². The third kappa shape index (κ3) is 2.64. The summed E-state index contributed by atoms with van der Waals surface area (Å²) in [5, 5.41) is 3.02. The maximum absolute atomic E-state index is 6.28. The Morgan fingerprint density at radius 2 is 1.70 bits per heavy atom. The maximum atomic E-state index is 6.28. The molecule has 1 heterocycles. The maximum Gasteiger partial charge on any atom is 0.115 e. The quantitative estimate of drug-likeness (QED) is 0.782. The molecule has 3 heteroatoms. The molecule has 0 radical (unpaired) electrons. The number of aromatic nitrogens is 1. The highest BCUT2D eigenvalue weighted by molar-refractivity contribution is 7.10. The summed E-state index contributed by atoms with van der Waals surface area (Å²) in [6, 6.07) is 18.3. The molecule has 1 aromatic heterocycles. The van der Waals surface area contributed by atoms with Gasteiger partial charge in [0.1, 0.15) is 5.01 Å². The van der Waals surface area contributed by atoms with E-state index in [1.165, 1.54) is 5.56 Å². The number of rotatable bonds is 3. The van der Waals surface area contributed by atoms with Crippen LogP contribution in [0, 0.1) is 6.92 Å². The first-order valence-electron chi connectivity index (χ1n) is 6.57. The SMILES string of the molecule is Cc1ccc(-c2csc(C(N)c3ccccc3)n2)cc1. The molecule has 2 aromatic carbocycles. The highest BCUT2D eigenvalue weighted by Crippen LogP contribution is 2.27. The summed E-state index contributed by atoms with van der Waals surface area (Å²) in [5.41, 5.74) is 10.8. The van der Waals surface area contributed by atoms with Crippen molar-refractivity contribution in [3.05, 3.63) is 76.1 Å². The van der Waals surface area contributed by atoms with Gasteiger partial charge in [-0.2, -0.15) is 0 Å². The summed E-state index contributed by atoms with van der Waals surface area (Å²) in [6.07, 6.45) is 0. The van der Waals surface area contributed by atoms with Gasteiger partial charge in [0.2, 0.25) is 0 Å². The fourth-order valence-electron chi connectivity index (χ4n) is 2.09. The van der Waals surface area contributed by atoms with Gasteiger partial charge in [-0.15, -0.1) is 11.3 Å². The van der Waals surface area contributed by atoms with E-state index >= 15 is 0 Å². The van der Waals surface area contributed by atoms with Crippen LogP contribution in [0.5, 0.6) is 0 Å². The van der Waals surface area contributed by atoms with E-state index in [0.717, 1.165) is 21.8 Å². The van der Waals surface area contributed by atoms with Gasteiger partial charge in [0.05, 0.1) is 11.7 Å². The summed E-state index contributed by atoms with van der Waals surface area (Å²) >= 11 is 1.62. The summed E-state index contributed by atoms with van der Waals surface area (Å²) in [4.78, 5) is 4.68. The lowest BCUT2D eigenvalue weighted by molar-refractivity contribution is 0.859. The lowest BCUT2D eigenvalue weighted by Gasteiger charge is -2.08. The van der Waals surface area contributed by atoms with Crippen molar-refractivity contribution in [3.8, 4) is 11.3 Å². The average molecular weight is 280 g/mol. The summed E-state index contributed by atoms with van der Waals surface area (Å²) < 4.78 is 0. The number of benzene rings is 2. The normalized spacial score (nSPS) is 12.3. The van der Waals surface area contributed by atoms with Crippen LogP contribution in [0.1, 0.15) is 22.2 Å². The summed E-state index contributed by atoms with van der Waals surface area (Å²) in [6.45, 7) is 2.08. The van der Waals surface area contributed by atoms with Crippen LogP contribution in [-0.4, -0.2) is 4.98 Å².